The van der Waals surface area contributed by atoms with Crippen LogP contribution in [0.2, 0.25) is 0 Å². The van der Waals surface area contributed by atoms with Crippen LogP contribution in [-0.4, -0.2) is 81.9 Å². The zero-order valence-electron chi connectivity index (χ0n) is 29.1. The number of hydrogen-bond acceptors (Lipinski definition) is 10. The van der Waals surface area contributed by atoms with Crippen molar-refractivity contribution in [1.82, 2.24) is 39.3 Å². The van der Waals surface area contributed by atoms with Crippen LogP contribution in [0.25, 0.3) is 11.0 Å². The zero-order chi connectivity index (χ0) is 36.6. The Balaban J connectivity index is 0.874. The van der Waals surface area contributed by atoms with Gasteiger partial charge < -0.3 is 14.9 Å². The number of amides is 2. The number of nitrogens with zero attached hydrogens (tertiary/aromatic N) is 8. The number of ketones is 1. The van der Waals surface area contributed by atoms with Crippen molar-refractivity contribution in [2.75, 3.05) is 18.0 Å². The molecular weight excluding hydrogens is 674 g/mol. The number of benzene rings is 2. The standard InChI is InChI=1S/C39H37N9O5/c1-44-37-25(9-6-13-31(37)48(39(44)53)32-16-17-36(51)41-38(32)52)8-2-3-10-27-22-46(43-42-27)21-26-11-7-15-35(40-26)47-24-28-20-29(47)23-45(28)19-18-34(50)30-12-4-5-14-33(30)49/h4-7,9,11-15,18-19,22,28-29,32,49H,3,10,16-17,20-21,23-24H2,1H3,(H,41,51,52)/b19-18+/t28-,29-,32?/m1/s1. The lowest BCUT2D eigenvalue weighted by molar-refractivity contribution is -0.135. The largest absolute Gasteiger partial charge is 0.507 e. The minimum atomic E-state index is -0.751. The van der Waals surface area contributed by atoms with Gasteiger partial charge in [-0.05, 0) is 49.2 Å². The Hall–Kier alpha value is -6.49. The molecule has 8 rings (SSSR count). The molecule has 0 aliphatic carbocycles. The second-order valence-corrected chi connectivity index (χ2v) is 13.6. The Morgan fingerprint density at radius 1 is 1.02 bits per heavy atom. The molecule has 2 N–H and O–H groups in total. The van der Waals surface area contributed by atoms with E-state index in [0.717, 1.165) is 36.7 Å². The number of aromatic hydroxyl groups is 1. The molecule has 5 aromatic rings. The second-order valence-electron chi connectivity index (χ2n) is 13.6. The lowest BCUT2D eigenvalue weighted by atomic mass is 10.1. The molecule has 3 atom stereocenters. The maximum absolute atomic E-state index is 13.2. The number of piperidine rings is 1. The summed E-state index contributed by atoms with van der Waals surface area (Å²) in [5.41, 5.74) is 3.56. The van der Waals surface area contributed by atoms with Crippen molar-refractivity contribution in [3.05, 3.63) is 112 Å². The average Bonchev–Trinajstić information content (AvgIpc) is 3.94. The highest BCUT2D eigenvalue weighted by Crippen LogP contribution is 2.34. The summed E-state index contributed by atoms with van der Waals surface area (Å²) in [6, 6.07) is 17.9. The summed E-state index contributed by atoms with van der Waals surface area (Å²) in [7, 11) is 1.66. The zero-order valence-corrected chi connectivity index (χ0v) is 29.1. The van der Waals surface area contributed by atoms with Gasteiger partial charge in [-0.15, -0.1) is 5.10 Å². The Bertz CT molecular complexity index is 2410. The van der Waals surface area contributed by atoms with Crippen molar-refractivity contribution in [2.45, 2.75) is 56.8 Å². The van der Waals surface area contributed by atoms with E-state index in [1.165, 1.54) is 21.3 Å². The van der Waals surface area contributed by atoms with Crippen molar-refractivity contribution in [3.8, 4) is 17.6 Å². The number of rotatable bonds is 9. The summed E-state index contributed by atoms with van der Waals surface area (Å²) in [4.78, 5) is 59.5. The van der Waals surface area contributed by atoms with Gasteiger partial charge in [-0.2, -0.15) is 0 Å². The number of imide groups is 1. The van der Waals surface area contributed by atoms with E-state index in [1.807, 2.05) is 42.7 Å². The van der Waals surface area contributed by atoms with E-state index in [-0.39, 0.29) is 48.1 Å². The summed E-state index contributed by atoms with van der Waals surface area (Å²) in [5, 5.41) is 21.0. The number of phenols is 1. The summed E-state index contributed by atoms with van der Waals surface area (Å²) >= 11 is 0. The van der Waals surface area contributed by atoms with Crippen LogP contribution in [0.3, 0.4) is 0 Å². The molecule has 2 bridgehead atoms. The molecule has 53 heavy (non-hydrogen) atoms. The Labute approximate surface area is 304 Å². The molecule has 0 spiro atoms. The van der Waals surface area contributed by atoms with Crippen LogP contribution in [0, 0.1) is 11.8 Å². The first-order valence-corrected chi connectivity index (χ1v) is 17.6. The fourth-order valence-electron chi connectivity index (χ4n) is 7.62. The summed E-state index contributed by atoms with van der Waals surface area (Å²) in [6.45, 7) is 2.07. The Kier molecular flexibility index (Phi) is 8.83. The smallest absolute Gasteiger partial charge is 0.329 e. The fourth-order valence-corrected chi connectivity index (χ4v) is 7.62. The number of hydrogen-bond donors (Lipinski definition) is 2. The molecular formula is C39H37N9O5. The number of carbonyl (C=O) groups is 3. The SMILES string of the molecule is Cn1c(=O)n(C2CCC(=O)NC2=O)c2cccc(C#CCCc3cn(Cc4cccc(N5C[C@H]6C[C@@H]5CN6/C=C/C(=O)c5ccccc5O)n4)nn3)c21. The maximum Gasteiger partial charge on any atom is 0.329 e. The number of phenolic OH excluding ortho intramolecular Hbond substituents is 1. The molecule has 3 aromatic heterocycles. The Morgan fingerprint density at radius 2 is 1.87 bits per heavy atom. The molecule has 3 aliphatic heterocycles. The van der Waals surface area contributed by atoms with Gasteiger partial charge in [0.1, 0.15) is 17.6 Å². The highest BCUT2D eigenvalue weighted by Gasteiger charge is 2.42. The van der Waals surface area contributed by atoms with E-state index in [1.54, 1.807) is 36.0 Å². The van der Waals surface area contributed by atoms with Crippen LogP contribution < -0.4 is 15.9 Å². The summed E-state index contributed by atoms with van der Waals surface area (Å²) < 4.78 is 4.73. The van der Waals surface area contributed by atoms with E-state index in [2.05, 4.69) is 37.3 Å². The molecule has 1 unspecified atom stereocenters. The third kappa shape index (κ3) is 6.57. The van der Waals surface area contributed by atoms with Crippen molar-refractivity contribution in [3.63, 3.8) is 0 Å². The number of anilines is 1. The number of aryl methyl sites for hydroxylation is 2. The summed E-state index contributed by atoms with van der Waals surface area (Å²) in [5.74, 6) is 6.28. The van der Waals surface area contributed by atoms with Gasteiger partial charge in [0.05, 0.1) is 40.1 Å². The van der Waals surface area contributed by atoms with E-state index in [4.69, 9.17) is 4.98 Å². The van der Waals surface area contributed by atoms with Gasteiger partial charge in [0.25, 0.3) is 0 Å². The number of fused-ring (bicyclic) bond motifs is 3. The van der Waals surface area contributed by atoms with E-state index >= 15 is 0 Å². The topological polar surface area (TPSA) is 160 Å². The molecule has 2 aromatic carbocycles. The number of likely N-dealkylation sites (tertiary alicyclic amines) is 1. The van der Waals surface area contributed by atoms with Crippen LogP contribution in [0.1, 0.15) is 59.0 Å². The average molecular weight is 712 g/mol. The van der Waals surface area contributed by atoms with Crippen molar-refractivity contribution in [2.24, 2.45) is 7.05 Å². The highest BCUT2D eigenvalue weighted by atomic mass is 16.3. The molecule has 2 amide bonds. The number of piperazine rings is 1. The van der Waals surface area contributed by atoms with Gasteiger partial charge in [-0.25, -0.2) is 14.5 Å². The Morgan fingerprint density at radius 3 is 2.68 bits per heavy atom. The third-order valence-corrected chi connectivity index (χ3v) is 10.2. The molecule has 3 saturated heterocycles. The van der Waals surface area contributed by atoms with Crippen molar-refractivity contribution >= 4 is 34.4 Å². The van der Waals surface area contributed by atoms with E-state index in [9.17, 15) is 24.3 Å². The van der Waals surface area contributed by atoms with Gasteiger partial charge in [-0.3, -0.25) is 28.8 Å². The second kappa shape index (κ2) is 13.9. The number of carbonyl (C=O) groups excluding carboxylic acids is 3. The number of imidazole rings is 1. The van der Waals surface area contributed by atoms with Crippen LogP contribution in [-0.2, 0) is 29.6 Å². The normalized spacial score (nSPS) is 19.6. The van der Waals surface area contributed by atoms with E-state index < -0.39 is 11.9 Å². The molecule has 268 valence electrons. The first-order valence-electron chi connectivity index (χ1n) is 17.6. The van der Waals surface area contributed by atoms with Gasteiger partial charge in [0.15, 0.2) is 5.78 Å². The molecule has 14 nitrogen and oxygen atoms in total. The first kappa shape index (κ1) is 33.6. The maximum atomic E-state index is 13.2. The molecule has 14 heteroatoms. The lowest BCUT2D eigenvalue weighted by Crippen LogP contribution is -2.44. The van der Waals surface area contributed by atoms with Crippen LogP contribution >= 0.6 is 0 Å². The predicted octanol–water partition coefficient (Wildman–Crippen LogP) is 2.70. The quantitative estimate of drug-likeness (QED) is 0.101. The van der Waals surface area contributed by atoms with Crippen LogP contribution in [0.4, 0.5) is 5.82 Å². The lowest BCUT2D eigenvalue weighted by Gasteiger charge is -2.34. The van der Waals surface area contributed by atoms with E-state index in [0.29, 0.717) is 41.5 Å². The van der Waals surface area contributed by atoms with Crippen molar-refractivity contribution < 1.29 is 19.5 Å². The third-order valence-electron chi connectivity index (χ3n) is 10.2. The molecule has 3 fully saturated rings. The van der Waals surface area contributed by atoms with Gasteiger partial charge in [0.2, 0.25) is 11.8 Å². The molecule has 0 saturated carbocycles. The van der Waals surface area contributed by atoms with Crippen LogP contribution in [0.5, 0.6) is 5.75 Å². The minimum absolute atomic E-state index is 0.0159. The highest BCUT2D eigenvalue weighted by molar-refractivity contribution is 6.06. The van der Waals surface area contributed by atoms with Crippen molar-refractivity contribution in [1.29, 1.82) is 0 Å². The molecule has 6 heterocycles. The molecule has 3 aliphatic rings. The van der Waals surface area contributed by atoms with Gasteiger partial charge >= 0.3 is 5.69 Å². The van der Waals surface area contributed by atoms with Gasteiger partial charge in [0, 0.05) is 70.0 Å². The molecule has 0 radical (unpaired) electrons. The first-order chi connectivity index (χ1) is 25.7. The number of para-hydroxylation sites is 2. The predicted molar refractivity (Wildman–Crippen MR) is 195 cm³/mol. The fraction of sp³-hybridized carbons (Fsp3) is 0.308. The number of pyridine rings is 1. The van der Waals surface area contributed by atoms with Crippen LogP contribution in [0.15, 0.2) is 83.9 Å². The summed E-state index contributed by atoms with van der Waals surface area (Å²) in [6.07, 6.45) is 7.84. The number of aromatic nitrogens is 6. The monoisotopic (exact) mass is 711 g/mol. The minimum Gasteiger partial charge on any atom is -0.507 e. The van der Waals surface area contributed by atoms with Gasteiger partial charge in [-0.1, -0.05) is 41.3 Å². The number of allylic oxidation sites excluding steroid dienone is 1. The number of nitrogens with one attached hydrogen (secondary N) is 1.